The Labute approximate surface area is 115 Å². The number of carboxylic acid groups (broad SMARTS) is 1. The zero-order valence-corrected chi connectivity index (χ0v) is 10.9. The number of benzene rings is 1. The number of anilines is 1. The molecule has 0 aromatic heterocycles. The first-order valence-electron chi connectivity index (χ1n) is 6.32. The molecule has 1 aliphatic heterocycles. The second-order valence-corrected chi connectivity index (χ2v) is 4.57. The van der Waals surface area contributed by atoms with Crippen molar-refractivity contribution >= 4 is 17.6 Å². The number of nitrogens with zero attached hydrogens (tertiary/aromatic N) is 1. The SMILES string of the molecule is O=C(CN1CCNCC1)Nc1ccc(C(=O)O)c(F)c1. The molecular weight excluding hydrogens is 265 g/mol. The van der Waals surface area contributed by atoms with Gasteiger partial charge >= 0.3 is 5.97 Å². The fraction of sp³-hybridized carbons (Fsp3) is 0.385. The normalized spacial score (nSPS) is 15.8. The van der Waals surface area contributed by atoms with Crippen molar-refractivity contribution in [1.29, 1.82) is 0 Å². The molecule has 1 amide bonds. The highest BCUT2D eigenvalue weighted by Gasteiger charge is 2.15. The van der Waals surface area contributed by atoms with Crippen LogP contribution in [0.2, 0.25) is 0 Å². The number of hydrogen-bond acceptors (Lipinski definition) is 4. The number of carbonyl (C=O) groups is 2. The van der Waals surface area contributed by atoms with E-state index in [-0.39, 0.29) is 18.1 Å². The minimum absolute atomic E-state index is 0.240. The first kappa shape index (κ1) is 14.4. The van der Waals surface area contributed by atoms with Crippen LogP contribution in [0.25, 0.3) is 0 Å². The van der Waals surface area contributed by atoms with E-state index in [2.05, 4.69) is 10.6 Å². The number of aromatic carboxylic acids is 1. The van der Waals surface area contributed by atoms with Gasteiger partial charge in [0.1, 0.15) is 5.82 Å². The van der Waals surface area contributed by atoms with Crippen LogP contribution < -0.4 is 10.6 Å². The largest absolute Gasteiger partial charge is 0.478 e. The molecule has 0 bridgehead atoms. The second kappa shape index (κ2) is 6.44. The van der Waals surface area contributed by atoms with Gasteiger partial charge in [0, 0.05) is 31.9 Å². The van der Waals surface area contributed by atoms with Gasteiger partial charge in [-0.2, -0.15) is 0 Å². The van der Waals surface area contributed by atoms with Crippen LogP contribution in [-0.2, 0) is 4.79 Å². The Kier molecular flexibility index (Phi) is 4.65. The Bertz CT molecular complexity index is 516. The van der Waals surface area contributed by atoms with Gasteiger partial charge in [-0.05, 0) is 18.2 Å². The summed E-state index contributed by atoms with van der Waals surface area (Å²) in [4.78, 5) is 24.5. The Hall–Kier alpha value is -1.99. The van der Waals surface area contributed by atoms with Crippen molar-refractivity contribution in [1.82, 2.24) is 10.2 Å². The quantitative estimate of drug-likeness (QED) is 0.743. The monoisotopic (exact) mass is 281 g/mol. The summed E-state index contributed by atoms with van der Waals surface area (Å²) in [5.41, 5.74) is -0.155. The minimum Gasteiger partial charge on any atom is -0.478 e. The summed E-state index contributed by atoms with van der Waals surface area (Å²) in [6.07, 6.45) is 0. The highest BCUT2D eigenvalue weighted by molar-refractivity contribution is 5.93. The lowest BCUT2D eigenvalue weighted by Gasteiger charge is -2.26. The predicted octanol–water partition coefficient (Wildman–Crippen LogP) is 0.368. The number of halogens is 1. The van der Waals surface area contributed by atoms with Crippen molar-refractivity contribution in [3.63, 3.8) is 0 Å². The van der Waals surface area contributed by atoms with Crippen molar-refractivity contribution in [2.45, 2.75) is 0 Å². The summed E-state index contributed by atoms with van der Waals surface area (Å²) in [6.45, 7) is 3.51. The third-order valence-corrected chi connectivity index (χ3v) is 3.06. The van der Waals surface area contributed by atoms with Gasteiger partial charge in [-0.25, -0.2) is 9.18 Å². The van der Waals surface area contributed by atoms with Crippen molar-refractivity contribution < 1.29 is 19.1 Å². The fourth-order valence-corrected chi connectivity index (χ4v) is 2.04. The third-order valence-electron chi connectivity index (χ3n) is 3.06. The molecule has 0 aliphatic carbocycles. The van der Waals surface area contributed by atoms with Crippen LogP contribution in [0, 0.1) is 5.82 Å². The molecule has 1 aliphatic rings. The molecule has 0 saturated carbocycles. The Balaban J connectivity index is 1.93. The Morgan fingerprint density at radius 1 is 1.35 bits per heavy atom. The minimum atomic E-state index is -1.33. The molecule has 20 heavy (non-hydrogen) atoms. The van der Waals surface area contributed by atoms with Gasteiger partial charge in [0.25, 0.3) is 0 Å². The van der Waals surface area contributed by atoms with Gasteiger partial charge in [-0.1, -0.05) is 0 Å². The summed E-state index contributed by atoms with van der Waals surface area (Å²) in [6, 6.07) is 3.53. The van der Waals surface area contributed by atoms with E-state index in [1.54, 1.807) is 0 Å². The summed E-state index contributed by atoms with van der Waals surface area (Å²) in [5.74, 6) is -2.44. The number of amides is 1. The maximum absolute atomic E-state index is 13.5. The van der Waals surface area contributed by atoms with E-state index in [0.29, 0.717) is 0 Å². The van der Waals surface area contributed by atoms with E-state index < -0.39 is 17.3 Å². The van der Waals surface area contributed by atoms with E-state index in [1.165, 1.54) is 6.07 Å². The number of hydrogen-bond donors (Lipinski definition) is 3. The average Bonchev–Trinajstić information content (AvgIpc) is 2.39. The van der Waals surface area contributed by atoms with Crippen LogP contribution in [0.1, 0.15) is 10.4 Å². The van der Waals surface area contributed by atoms with E-state index in [4.69, 9.17) is 5.11 Å². The fourth-order valence-electron chi connectivity index (χ4n) is 2.04. The molecule has 2 rings (SSSR count). The zero-order valence-electron chi connectivity index (χ0n) is 10.9. The first-order valence-corrected chi connectivity index (χ1v) is 6.32. The summed E-state index contributed by atoms with van der Waals surface area (Å²) >= 11 is 0. The number of carbonyl (C=O) groups excluding carboxylic acids is 1. The van der Waals surface area contributed by atoms with Gasteiger partial charge in [-0.3, -0.25) is 9.69 Å². The molecule has 108 valence electrons. The van der Waals surface area contributed by atoms with Crippen LogP contribution in [0.3, 0.4) is 0 Å². The molecule has 0 spiro atoms. The maximum Gasteiger partial charge on any atom is 0.338 e. The van der Waals surface area contributed by atoms with E-state index in [0.717, 1.165) is 38.3 Å². The van der Waals surface area contributed by atoms with Gasteiger partial charge in [0.2, 0.25) is 5.91 Å². The highest BCUT2D eigenvalue weighted by Crippen LogP contribution is 2.14. The van der Waals surface area contributed by atoms with E-state index in [9.17, 15) is 14.0 Å². The highest BCUT2D eigenvalue weighted by atomic mass is 19.1. The van der Waals surface area contributed by atoms with E-state index >= 15 is 0 Å². The second-order valence-electron chi connectivity index (χ2n) is 4.57. The Morgan fingerprint density at radius 2 is 2.05 bits per heavy atom. The molecule has 1 saturated heterocycles. The number of carboxylic acids is 1. The lowest BCUT2D eigenvalue weighted by molar-refractivity contribution is -0.117. The van der Waals surface area contributed by atoms with Crippen LogP contribution in [0.15, 0.2) is 18.2 Å². The molecule has 0 radical (unpaired) electrons. The van der Waals surface area contributed by atoms with Gasteiger partial charge in [0.15, 0.2) is 0 Å². The first-order chi connectivity index (χ1) is 9.56. The molecular formula is C13H16FN3O3. The predicted molar refractivity (Wildman–Crippen MR) is 71.3 cm³/mol. The number of rotatable bonds is 4. The molecule has 3 N–H and O–H groups in total. The van der Waals surface area contributed by atoms with Gasteiger partial charge in [0.05, 0.1) is 12.1 Å². The third kappa shape index (κ3) is 3.75. The number of nitrogens with one attached hydrogen (secondary N) is 2. The van der Waals surface area contributed by atoms with Crippen LogP contribution in [-0.4, -0.2) is 54.6 Å². The summed E-state index contributed by atoms with van der Waals surface area (Å²) < 4.78 is 13.5. The van der Waals surface area contributed by atoms with Crippen molar-refractivity contribution in [3.8, 4) is 0 Å². The zero-order chi connectivity index (χ0) is 14.5. The smallest absolute Gasteiger partial charge is 0.338 e. The molecule has 6 nitrogen and oxygen atoms in total. The molecule has 1 heterocycles. The lowest BCUT2D eigenvalue weighted by atomic mass is 10.2. The van der Waals surface area contributed by atoms with Gasteiger partial charge < -0.3 is 15.7 Å². The standard InChI is InChI=1S/C13H16FN3O3/c14-11-7-9(1-2-10(11)13(19)20)16-12(18)8-17-5-3-15-4-6-17/h1-2,7,15H,3-6,8H2,(H,16,18)(H,19,20). The van der Waals surface area contributed by atoms with Crippen LogP contribution in [0.5, 0.6) is 0 Å². The Morgan fingerprint density at radius 3 is 2.65 bits per heavy atom. The maximum atomic E-state index is 13.5. The molecule has 0 atom stereocenters. The summed E-state index contributed by atoms with van der Waals surface area (Å²) in [7, 11) is 0. The van der Waals surface area contributed by atoms with Crippen molar-refractivity contribution in [2.75, 3.05) is 38.0 Å². The topological polar surface area (TPSA) is 81.7 Å². The van der Waals surface area contributed by atoms with E-state index in [1.807, 2.05) is 4.90 Å². The molecule has 1 aromatic rings. The van der Waals surface area contributed by atoms with Gasteiger partial charge in [-0.15, -0.1) is 0 Å². The summed E-state index contributed by atoms with van der Waals surface area (Å²) in [5, 5.41) is 14.5. The van der Waals surface area contributed by atoms with Crippen LogP contribution in [0.4, 0.5) is 10.1 Å². The van der Waals surface area contributed by atoms with Crippen molar-refractivity contribution in [2.24, 2.45) is 0 Å². The number of piperazine rings is 1. The lowest BCUT2D eigenvalue weighted by Crippen LogP contribution is -2.46. The van der Waals surface area contributed by atoms with Crippen molar-refractivity contribution in [3.05, 3.63) is 29.6 Å². The molecule has 1 fully saturated rings. The van der Waals surface area contributed by atoms with Crippen LogP contribution >= 0.6 is 0 Å². The molecule has 7 heteroatoms. The molecule has 1 aromatic carbocycles. The average molecular weight is 281 g/mol. The molecule has 0 unspecified atom stereocenters.